The Morgan fingerprint density at radius 2 is 1.49 bits per heavy atom. The molecule has 0 radical (unpaired) electrons. The van der Waals surface area contributed by atoms with Gasteiger partial charge in [-0.2, -0.15) is 0 Å². The van der Waals surface area contributed by atoms with E-state index in [0.29, 0.717) is 0 Å². The van der Waals surface area contributed by atoms with E-state index in [4.69, 9.17) is 9.98 Å². The minimum atomic E-state index is -0.327. The zero-order valence-corrected chi connectivity index (χ0v) is 30.3. The summed E-state index contributed by atoms with van der Waals surface area (Å²) in [5.74, 6) is 3.93. The second kappa shape index (κ2) is 15.0. The highest BCUT2D eigenvalue weighted by atomic mass is 79.9. The van der Waals surface area contributed by atoms with Gasteiger partial charge in [0.1, 0.15) is 5.54 Å². The van der Waals surface area contributed by atoms with Crippen molar-refractivity contribution in [2.24, 2.45) is 27.7 Å². The Bertz CT molecular complexity index is 1200. The number of unbranched alkanes of at least 4 members (excludes halogenated alkanes) is 2. The first-order chi connectivity index (χ1) is 18.8. The number of nitrogens with zero attached hydrogens (tertiary/aromatic N) is 2. The lowest BCUT2D eigenvalue weighted by molar-refractivity contribution is 0.473. The number of thiophene rings is 2. The summed E-state index contributed by atoms with van der Waals surface area (Å²) >= 11 is 15.1. The van der Waals surface area contributed by atoms with Crippen LogP contribution in [0.4, 0.5) is 0 Å². The molecule has 4 unspecified atom stereocenters. The molecule has 0 N–H and O–H groups in total. The lowest BCUT2D eigenvalue weighted by Crippen LogP contribution is -2.30. The molecule has 2 aromatic heterocycles. The summed E-state index contributed by atoms with van der Waals surface area (Å²) in [7, 11) is 0. The van der Waals surface area contributed by atoms with Crippen molar-refractivity contribution in [2.75, 3.05) is 11.5 Å². The molecule has 0 bridgehead atoms. The molecule has 0 saturated carbocycles. The van der Waals surface area contributed by atoms with Crippen molar-refractivity contribution in [2.45, 2.75) is 91.5 Å². The summed E-state index contributed by atoms with van der Waals surface area (Å²) < 4.78 is 2.33. The number of thioether (sulfide) groups is 2. The molecule has 2 aliphatic heterocycles. The van der Waals surface area contributed by atoms with E-state index in [1.165, 1.54) is 80.6 Å². The van der Waals surface area contributed by atoms with E-state index in [-0.39, 0.29) is 11.5 Å². The largest absolute Gasteiger partial charge is 0.265 e. The Hall–Kier alpha value is 0.140. The van der Waals surface area contributed by atoms with Gasteiger partial charge in [-0.15, -0.1) is 46.2 Å². The molecule has 4 heterocycles. The highest BCUT2D eigenvalue weighted by Gasteiger charge is 2.52. The average Bonchev–Trinajstić information content (AvgIpc) is 3.70. The van der Waals surface area contributed by atoms with Gasteiger partial charge in [-0.25, -0.2) is 4.99 Å². The van der Waals surface area contributed by atoms with Gasteiger partial charge in [0.05, 0.1) is 34.2 Å². The Kier molecular flexibility index (Phi) is 12.4. The first kappa shape index (κ1) is 32.1. The number of halogens is 2. The maximum absolute atomic E-state index is 5.61. The number of hydrogen-bond donors (Lipinski definition) is 0. The van der Waals surface area contributed by atoms with Crippen LogP contribution in [-0.2, 0) is 5.54 Å². The molecule has 0 spiro atoms. The van der Waals surface area contributed by atoms with E-state index in [1.807, 2.05) is 34.9 Å². The van der Waals surface area contributed by atoms with Crippen molar-refractivity contribution in [3.05, 3.63) is 47.2 Å². The van der Waals surface area contributed by atoms with Gasteiger partial charge in [0.15, 0.2) is 0 Å². The van der Waals surface area contributed by atoms with Gasteiger partial charge in [0, 0.05) is 22.0 Å². The maximum atomic E-state index is 5.61. The Labute approximate surface area is 269 Å². The van der Waals surface area contributed by atoms with Crippen LogP contribution in [0.25, 0.3) is 5.70 Å². The summed E-state index contributed by atoms with van der Waals surface area (Å²) in [5.41, 5.74) is 2.20. The van der Waals surface area contributed by atoms with E-state index in [9.17, 15) is 0 Å². The van der Waals surface area contributed by atoms with Crippen molar-refractivity contribution in [3.63, 3.8) is 0 Å². The predicted octanol–water partition coefficient (Wildman–Crippen LogP) is 12.3. The molecule has 4 atom stereocenters. The fourth-order valence-corrected chi connectivity index (χ4v) is 11.2. The molecule has 2 nitrogen and oxygen atoms in total. The standard InChI is InChI=1S/C31H42Br2N2S4/c1-6-10-12-20(8-3)18-36-29-26-27(31(5,35-29)23-15-17-25(33)39-23)30(37-19-21(9-4)13-11-7-2)34-28(26)22-14-16-24(32)38-22/h14-17,20-21,27H,6-13,18-19H2,1-5H3. The fraction of sp³-hybridized carbons (Fsp3) is 0.613. The summed E-state index contributed by atoms with van der Waals surface area (Å²) in [4.78, 5) is 13.7. The van der Waals surface area contributed by atoms with Gasteiger partial charge in [0.2, 0.25) is 0 Å². The zero-order chi connectivity index (χ0) is 28.0. The average molecular weight is 731 g/mol. The molecule has 0 aromatic carbocycles. The normalized spacial score (nSPS) is 22.3. The number of hydrogen-bond acceptors (Lipinski definition) is 6. The Balaban J connectivity index is 1.72. The molecule has 8 heteroatoms. The van der Waals surface area contributed by atoms with Crippen LogP contribution in [-0.4, -0.2) is 21.6 Å². The third-order valence-electron chi connectivity index (χ3n) is 8.03. The van der Waals surface area contributed by atoms with Crippen LogP contribution >= 0.6 is 78.1 Å². The molecule has 0 fully saturated rings. The van der Waals surface area contributed by atoms with Crippen molar-refractivity contribution < 1.29 is 0 Å². The number of rotatable bonds is 14. The zero-order valence-electron chi connectivity index (χ0n) is 23.9. The lowest BCUT2D eigenvalue weighted by Gasteiger charge is -2.28. The van der Waals surface area contributed by atoms with Crippen LogP contribution in [0, 0.1) is 17.8 Å². The van der Waals surface area contributed by atoms with E-state index in [2.05, 4.69) is 90.7 Å². The molecule has 0 aliphatic carbocycles. The van der Waals surface area contributed by atoms with Gasteiger partial charge in [0.25, 0.3) is 0 Å². The fourth-order valence-electron chi connectivity index (χ4n) is 5.41. The molecule has 2 aromatic rings. The van der Waals surface area contributed by atoms with Crippen molar-refractivity contribution >= 4 is 93.8 Å². The Morgan fingerprint density at radius 3 is 2.03 bits per heavy atom. The van der Waals surface area contributed by atoms with Gasteiger partial charge in [-0.05, 0) is 87.7 Å². The second-order valence-electron chi connectivity index (χ2n) is 10.9. The topological polar surface area (TPSA) is 24.7 Å². The maximum Gasteiger partial charge on any atom is 0.106 e. The first-order valence-electron chi connectivity index (χ1n) is 14.5. The van der Waals surface area contributed by atoms with Crippen LogP contribution in [0.1, 0.15) is 95.7 Å². The van der Waals surface area contributed by atoms with E-state index in [0.717, 1.165) is 32.8 Å². The minimum absolute atomic E-state index is 0.186. The molecule has 0 amide bonds. The van der Waals surface area contributed by atoms with Gasteiger partial charge in [-0.3, -0.25) is 4.99 Å². The third-order valence-corrected chi connectivity index (χ3v) is 14.0. The molecular formula is C31H42Br2N2S4. The number of aliphatic imine (C=N–C) groups is 2. The quantitative estimate of drug-likeness (QED) is 0.193. The Morgan fingerprint density at radius 1 is 0.872 bits per heavy atom. The summed E-state index contributed by atoms with van der Waals surface area (Å²) in [5, 5.41) is 2.49. The highest BCUT2D eigenvalue weighted by Crippen LogP contribution is 2.56. The summed E-state index contributed by atoms with van der Waals surface area (Å²) in [6.45, 7) is 11.6. The summed E-state index contributed by atoms with van der Waals surface area (Å²) in [6.07, 6.45) is 10.2. The molecule has 4 rings (SSSR count). The van der Waals surface area contributed by atoms with Crippen LogP contribution in [0.15, 0.2) is 47.4 Å². The molecule has 39 heavy (non-hydrogen) atoms. The predicted molar refractivity (Wildman–Crippen MR) is 188 cm³/mol. The molecule has 2 aliphatic rings. The van der Waals surface area contributed by atoms with Crippen LogP contribution < -0.4 is 0 Å². The first-order valence-corrected chi connectivity index (χ1v) is 19.7. The van der Waals surface area contributed by atoms with Crippen molar-refractivity contribution in [1.82, 2.24) is 0 Å². The smallest absolute Gasteiger partial charge is 0.106 e. The summed E-state index contributed by atoms with van der Waals surface area (Å²) in [6, 6.07) is 8.85. The van der Waals surface area contributed by atoms with E-state index >= 15 is 0 Å². The highest BCUT2D eigenvalue weighted by molar-refractivity contribution is 9.11. The van der Waals surface area contributed by atoms with E-state index in [1.54, 1.807) is 11.3 Å². The van der Waals surface area contributed by atoms with Crippen LogP contribution in [0.5, 0.6) is 0 Å². The molecular weight excluding hydrogens is 688 g/mol. The van der Waals surface area contributed by atoms with Gasteiger partial charge < -0.3 is 0 Å². The third kappa shape index (κ3) is 7.57. The molecule has 0 saturated heterocycles. The minimum Gasteiger partial charge on any atom is -0.265 e. The van der Waals surface area contributed by atoms with Crippen molar-refractivity contribution in [1.29, 1.82) is 0 Å². The second-order valence-corrected chi connectivity index (χ2v) is 17.8. The van der Waals surface area contributed by atoms with Gasteiger partial charge in [-0.1, -0.05) is 66.2 Å². The van der Waals surface area contributed by atoms with Crippen LogP contribution in [0.3, 0.4) is 0 Å². The lowest BCUT2D eigenvalue weighted by atomic mass is 9.83. The van der Waals surface area contributed by atoms with Crippen molar-refractivity contribution in [3.8, 4) is 0 Å². The number of fused-ring (bicyclic) bond motifs is 1. The van der Waals surface area contributed by atoms with E-state index < -0.39 is 0 Å². The van der Waals surface area contributed by atoms with Gasteiger partial charge >= 0.3 is 0 Å². The molecule has 214 valence electrons. The SMILES string of the molecule is CCCCC(CC)CSC1=NC(C)(c2ccc(Br)s2)C2C(SCC(CC)CCCC)=NC(c3ccc(Br)s3)=C12. The monoisotopic (exact) mass is 728 g/mol. The van der Waals surface area contributed by atoms with Crippen LogP contribution in [0.2, 0.25) is 0 Å².